The van der Waals surface area contributed by atoms with Crippen molar-refractivity contribution in [2.24, 2.45) is 0 Å². The summed E-state index contributed by atoms with van der Waals surface area (Å²) in [5, 5.41) is 3.14. The molecule has 4 nitrogen and oxygen atoms in total. The number of nitrogens with one attached hydrogen (secondary N) is 1. The molecule has 1 aromatic heterocycles. The highest BCUT2D eigenvalue weighted by Gasteiger charge is 1.98. The van der Waals surface area contributed by atoms with Crippen LogP contribution in [0.1, 0.15) is 11.1 Å². The van der Waals surface area contributed by atoms with E-state index in [0.717, 1.165) is 5.69 Å². The van der Waals surface area contributed by atoms with Gasteiger partial charge < -0.3 is 11.1 Å². The quantitative estimate of drug-likeness (QED) is 0.805. The first-order valence-corrected chi connectivity index (χ1v) is 5.06. The average Bonchev–Trinajstić information content (AvgIpc) is 2.20. The van der Waals surface area contributed by atoms with Gasteiger partial charge in [-0.1, -0.05) is 6.07 Å². The van der Waals surface area contributed by atoms with Crippen molar-refractivity contribution in [3.05, 3.63) is 41.7 Å². The van der Waals surface area contributed by atoms with Gasteiger partial charge in [0.15, 0.2) is 0 Å². The minimum absolute atomic E-state index is 0.555. The maximum Gasteiger partial charge on any atom is 0.227 e. The Labute approximate surface area is 94.5 Å². The summed E-state index contributed by atoms with van der Waals surface area (Å²) in [6, 6.07) is 6.22. The predicted molar refractivity (Wildman–Crippen MR) is 65.6 cm³/mol. The lowest BCUT2D eigenvalue weighted by Gasteiger charge is -2.06. The topological polar surface area (TPSA) is 63.8 Å². The van der Waals surface area contributed by atoms with E-state index in [1.165, 1.54) is 11.1 Å². The van der Waals surface area contributed by atoms with Crippen LogP contribution in [-0.4, -0.2) is 9.97 Å². The second-order valence-electron chi connectivity index (χ2n) is 3.84. The van der Waals surface area contributed by atoms with Gasteiger partial charge in [-0.2, -0.15) is 0 Å². The number of nitrogen functional groups attached to an aromatic ring is 1. The molecule has 3 N–H and O–H groups in total. The van der Waals surface area contributed by atoms with Gasteiger partial charge in [0.2, 0.25) is 5.95 Å². The van der Waals surface area contributed by atoms with Gasteiger partial charge in [-0.15, -0.1) is 0 Å². The van der Waals surface area contributed by atoms with E-state index in [1.807, 2.05) is 12.1 Å². The molecule has 82 valence electrons. The molecule has 1 aromatic carbocycles. The Morgan fingerprint density at radius 1 is 1.00 bits per heavy atom. The molecule has 16 heavy (non-hydrogen) atoms. The van der Waals surface area contributed by atoms with Gasteiger partial charge in [-0.25, -0.2) is 9.97 Å². The fraction of sp³-hybridized carbons (Fsp3) is 0.167. The van der Waals surface area contributed by atoms with Crippen molar-refractivity contribution in [1.29, 1.82) is 0 Å². The van der Waals surface area contributed by atoms with Crippen molar-refractivity contribution in [1.82, 2.24) is 9.97 Å². The lowest BCUT2D eigenvalue weighted by atomic mass is 10.1. The summed E-state index contributed by atoms with van der Waals surface area (Å²) in [6.07, 6.45) is 3.16. The molecule has 2 rings (SSSR count). The molecule has 2 aromatic rings. The smallest absolute Gasteiger partial charge is 0.227 e. The monoisotopic (exact) mass is 214 g/mol. The van der Waals surface area contributed by atoms with Crippen LogP contribution in [0.5, 0.6) is 0 Å². The van der Waals surface area contributed by atoms with Gasteiger partial charge in [0.25, 0.3) is 0 Å². The van der Waals surface area contributed by atoms with Gasteiger partial charge >= 0.3 is 0 Å². The van der Waals surface area contributed by atoms with E-state index in [1.54, 1.807) is 12.4 Å². The summed E-state index contributed by atoms with van der Waals surface area (Å²) in [5.74, 6) is 0.555. The number of aryl methyl sites for hydroxylation is 2. The number of hydrogen-bond acceptors (Lipinski definition) is 4. The minimum atomic E-state index is 0.555. The molecule has 0 amide bonds. The standard InChI is InChI=1S/C12H14N4/c1-8-3-9(2)5-11(4-8)16-12-14-6-10(13)7-15-12/h3-7H,13H2,1-2H3,(H,14,15,16). The van der Waals surface area contributed by atoms with Crippen LogP contribution in [-0.2, 0) is 0 Å². The first-order valence-electron chi connectivity index (χ1n) is 5.06. The van der Waals surface area contributed by atoms with Crippen LogP contribution < -0.4 is 11.1 Å². The SMILES string of the molecule is Cc1cc(C)cc(Nc2ncc(N)cn2)c1. The van der Waals surface area contributed by atoms with Crippen molar-refractivity contribution < 1.29 is 0 Å². The molecule has 0 aliphatic heterocycles. The normalized spacial score (nSPS) is 10.1. The molecule has 0 aliphatic rings. The molecular weight excluding hydrogens is 200 g/mol. The Bertz CT molecular complexity index is 471. The highest BCUT2D eigenvalue weighted by molar-refractivity contribution is 5.56. The fourth-order valence-electron chi connectivity index (χ4n) is 1.58. The molecule has 0 unspecified atom stereocenters. The van der Waals surface area contributed by atoms with E-state index >= 15 is 0 Å². The number of rotatable bonds is 2. The lowest BCUT2D eigenvalue weighted by Crippen LogP contribution is -1.98. The van der Waals surface area contributed by atoms with Crippen LogP contribution in [0.2, 0.25) is 0 Å². The van der Waals surface area contributed by atoms with E-state index in [0.29, 0.717) is 11.6 Å². The fourth-order valence-corrected chi connectivity index (χ4v) is 1.58. The molecule has 0 bridgehead atoms. The van der Waals surface area contributed by atoms with Crippen LogP contribution in [0, 0.1) is 13.8 Å². The third-order valence-corrected chi connectivity index (χ3v) is 2.15. The molecule has 0 fully saturated rings. The zero-order valence-electron chi connectivity index (χ0n) is 9.36. The minimum Gasteiger partial charge on any atom is -0.396 e. The molecule has 0 radical (unpaired) electrons. The second-order valence-corrected chi connectivity index (χ2v) is 3.84. The summed E-state index contributed by atoms with van der Waals surface area (Å²) < 4.78 is 0. The van der Waals surface area contributed by atoms with Crippen molar-refractivity contribution in [3.8, 4) is 0 Å². The Hall–Kier alpha value is -2.10. The van der Waals surface area contributed by atoms with Gasteiger partial charge in [0, 0.05) is 5.69 Å². The van der Waals surface area contributed by atoms with Crippen LogP contribution in [0.4, 0.5) is 17.3 Å². The van der Waals surface area contributed by atoms with E-state index in [2.05, 4.69) is 35.2 Å². The Kier molecular flexibility index (Phi) is 2.72. The number of anilines is 3. The molecule has 0 aliphatic carbocycles. The molecular formula is C12H14N4. The van der Waals surface area contributed by atoms with Gasteiger partial charge in [0.1, 0.15) is 0 Å². The Balaban J connectivity index is 2.23. The number of nitrogens with zero attached hydrogens (tertiary/aromatic N) is 2. The van der Waals surface area contributed by atoms with E-state index in [-0.39, 0.29) is 0 Å². The van der Waals surface area contributed by atoms with Gasteiger partial charge in [-0.05, 0) is 37.1 Å². The number of hydrogen-bond donors (Lipinski definition) is 2. The van der Waals surface area contributed by atoms with Crippen molar-refractivity contribution in [3.63, 3.8) is 0 Å². The zero-order chi connectivity index (χ0) is 11.5. The average molecular weight is 214 g/mol. The summed E-state index contributed by atoms with van der Waals surface area (Å²) in [7, 11) is 0. The molecule has 0 saturated heterocycles. The molecule has 0 atom stereocenters. The second kappa shape index (κ2) is 4.18. The van der Waals surface area contributed by atoms with Crippen molar-refractivity contribution in [2.75, 3.05) is 11.1 Å². The third-order valence-electron chi connectivity index (χ3n) is 2.15. The van der Waals surface area contributed by atoms with Crippen molar-refractivity contribution >= 4 is 17.3 Å². The first-order chi connectivity index (χ1) is 7.63. The van der Waals surface area contributed by atoms with Crippen LogP contribution >= 0.6 is 0 Å². The van der Waals surface area contributed by atoms with E-state index in [4.69, 9.17) is 5.73 Å². The number of aromatic nitrogens is 2. The summed E-state index contributed by atoms with van der Waals surface area (Å²) in [6.45, 7) is 4.12. The van der Waals surface area contributed by atoms with E-state index in [9.17, 15) is 0 Å². The Morgan fingerprint density at radius 2 is 1.56 bits per heavy atom. The highest BCUT2D eigenvalue weighted by Crippen LogP contribution is 2.16. The number of nitrogens with two attached hydrogens (primary N) is 1. The van der Waals surface area contributed by atoms with Gasteiger partial charge in [-0.3, -0.25) is 0 Å². The molecule has 0 spiro atoms. The largest absolute Gasteiger partial charge is 0.396 e. The van der Waals surface area contributed by atoms with E-state index < -0.39 is 0 Å². The van der Waals surface area contributed by atoms with Crippen LogP contribution in [0.15, 0.2) is 30.6 Å². The lowest BCUT2D eigenvalue weighted by molar-refractivity contribution is 1.17. The maximum atomic E-state index is 5.52. The molecule has 4 heteroatoms. The summed E-state index contributed by atoms with van der Waals surface area (Å²) in [4.78, 5) is 8.17. The first kappa shape index (κ1) is 10.4. The van der Waals surface area contributed by atoms with Crippen LogP contribution in [0.3, 0.4) is 0 Å². The summed E-state index contributed by atoms with van der Waals surface area (Å²) in [5.41, 5.74) is 9.48. The van der Waals surface area contributed by atoms with Crippen LogP contribution in [0.25, 0.3) is 0 Å². The molecule has 1 heterocycles. The van der Waals surface area contributed by atoms with Crippen molar-refractivity contribution in [2.45, 2.75) is 13.8 Å². The third kappa shape index (κ3) is 2.48. The molecule has 0 saturated carbocycles. The van der Waals surface area contributed by atoms with Gasteiger partial charge in [0.05, 0.1) is 18.1 Å². The summed E-state index contributed by atoms with van der Waals surface area (Å²) >= 11 is 0. The predicted octanol–water partition coefficient (Wildman–Crippen LogP) is 2.42. The zero-order valence-corrected chi connectivity index (χ0v) is 9.36. The highest BCUT2D eigenvalue weighted by atomic mass is 15.1. The number of benzene rings is 1. The Morgan fingerprint density at radius 3 is 2.12 bits per heavy atom. The maximum absolute atomic E-state index is 5.52.